The van der Waals surface area contributed by atoms with E-state index in [-0.39, 0.29) is 11.8 Å². The number of carbonyl (C=O) groups excluding carboxylic acids is 1. The first kappa shape index (κ1) is 17.2. The predicted molar refractivity (Wildman–Crippen MR) is 104 cm³/mol. The van der Waals surface area contributed by atoms with Crippen LogP contribution in [0.15, 0.2) is 60.9 Å². The zero-order valence-electron chi connectivity index (χ0n) is 15.3. The molecule has 0 saturated carbocycles. The van der Waals surface area contributed by atoms with Crippen molar-refractivity contribution >= 4 is 17.4 Å². The Hall–Kier alpha value is -3.22. The second-order valence-corrected chi connectivity index (χ2v) is 6.72. The zero-order valence-corrected chi connectivity index (χ0v) is 15.3. The molecule has 1 saturated heterocycles. The summed E-state index contributed by atoms with van der Waals surface area (Å²) >= 11 is 0. The van der Waals surface area contributed by atoms with Gasteiger partial charge in [-0.3, -0.25) is 4.79 Å². The lowest BCUT2D eigenvalue weighted by atomic mass is 9.96. The third-order valence-electron chi connectivity index (χ3n) is 4.94. The molecular formula is C20H22N6O. The van der Waals surface area contributed by atoms with Gasteiger partial charge in [0.1, 0.15) is 0 Å². The molecular weight excluding hydrogens is 340 g/mol. The van der Waals surface area contributed by atoms with Crippen molar-refractivity contribution in [2.45, 2.75) is 12.8 Å². The van der Waals surface area contributed by atoms with Gasteiger partial charge in [0, 0.05) is 38.2 Å². The maximum absolute atomic E-state index is 12.9. The molecule has 0 N–H and O–H groups in total. The second-order valence-electron chi connectivity index (χ2n) is 6.72. The van der Waals surface area contributed by atoms with Gasteiger partial charge in [-0.1, -0.05) is 18.2 Å². The van der Waals surface area contributed by atoms with E-state index < -0.39 is 0 Å². The van der Waals surface area contributed by atoms with Crippen LogP contribution in [0.3, 0.4) is 0 Å². The molecule has 1 aromatic carbocycles. The van der Waals surface area contributed by atoms with Crippen molar-refractivity contribution in [2.75, 3.05) is 29.9 Å². The maximum atomic E-state index is 12.9. The number of para-hydroxylation sites is 1. The molecule has 138 valence electrons. The Balaban J connectivity index is 1.45. The largest absolute Gasteiger partial charge is 0.354 e. The van der Waals surface area contributed by atoms with Crippen molar-refractivity contribution in [3.8, 4) is 5.82 Å². The summed E-state index contributed by atoms with van der Waals surface area (Å²) in [4.78, 5) is 16.8. The Morgan fingerprint density at radius 2 is 1.85 bits per heavy atom. The van der Waals surface area contributed by atoms with E-state index in [1.807, 2.05) is 61.8 Å². The quantitative estimate of drug-likeness (QED) is 0.713. The van der Waals surface area contributed by atoms with Crippen molar-refractivity contribution < 1.29 is 4.79 Å². The summed E-state index contributed by atoms with van der Waals surface area (Å²) in [5.41, 5.74) is 0.919. The number of hydrogen-bond acceptors (Lipinski definition) is 5. The van der Waals surface area contributed by atoms with E-state index in [1.54, 1.807) is 15.8 Å². The first-order valence-electron chi connectivity index (χ1n) is 9.14. The van der Waals surface area contributed by atoms with Gasteiger partial charge in [-0.2, -0.15) is 5.10 Å². The smallest absolute Gasteiger partial charge is 0.231 e. The van der Waals surface area contributed by atoms with Crippen molar-refractivity contribution in [3.63, 3.8) is 0 Å². The number of rotatable bonds is 4. The molecule has 1 amide bonds. The van der Waals surface area contributed by atoms with E-state index in [1.165, 1.54) is 0 Å². The fourth-order valence-electron chi connectivity index (χ4n) is 3.45. The van der Waals surface area contributed by atoms with Gasteiger partial charge in [-0.25, -0.2) is 4.68 Å². The van der Waals surface area contributed by atoms with Gasteiger partial charge in [0.2, 0.25) is 5.91 Å². The zero-order chi connectivity index (χ0) is 18.6. The van der Waals surface area contributed by atoms with Gasteiger partial charge in [0.25, 0.3) is 0 Å². The maximum Gasteiger partial charge on any atom is 0.231 e. The van der Waals surface area contributed by atoms with E-state index in [4.69, 9.17) is 0 Å². The molecule has 0 aliphatic carbocycles. The monoisotopic (exact) mass is 362 g/mol. The minimum atomic E-state index is -0.0449. The molecule has 0 spiro atoms. The van der Waals surface area contributed by atoms with Gasteiger partial charge in [-0.05, 0) is 43.2 Å². The third kappa shape index (κ3) is 3.67. The summed E-state index contributed by atoms with van der Waals surface area (Å²) < 4.78 is 1.67. The number of benzene rings is 1. The van der Waals surface area contributed by atoms with E-state index in [9.17, 15) is 4.79 Å². The van der Waals surface area contributed by atoms with Crippen LogP contribution in [0, 0.1) is 5.92 Å². The number of hydrogen-bond donors (Lipinski definition) is 0. The minimum absolute atomic E-state index is 0.0449. The molecule has 3 aromatic rings. The average molecular weight is 362 g/mol. The molecule has 2 aromatic heterocycles. The molecule has 0 radical (unpaired) electrons. The van der Waals surface area contributed by atoms with Crippen LogP contribution < -0.4 is 9.80 Å². The van der Waals surface area contributed by atoms with Gasteiger partial charge >= 0.3 is 0 Å². The fourth-order valence-corrected chi connectivity index (χ4v) is 3.45. The van der Waals surface area contributed by atoms with E-state index in [2.05, 4.69) is 20.2 Å². The lowest BCUT2D eigenvalue weighted by Gasteiger charge is -2.34. The fraction of sp³-hybridized carbons (Fsp3) is 0.300. The summed E-state index contributed by atoms with van der Waals surface area (Å²) in [5, 5.41) is 12.8. The Kier molecular flexibility index (Phi) is 4.82. The molecule has 0 bridgehead atoms. The lowest BCUT2D eigenvalue weighted by Crippen LogP contribution is -2.44. The Morgan fingerprint density at radius 1 is 1.07 bits per heavy atom. The molecule has 1 unspecified atom stereocenters. The Bertz CT molecular complexity index is 879. The van der Waals surface area contributed by atoms with Crippen LogP contribution in [0.5, 0.6) is 0 Å². The van der Waals surface area contributed by atoms with E-state index >= 15 is 0 Å². The van der Waals surface area contributed by atoms with Gasteiger partial charge in [0.15, 0.2) is 11.6 Å². The van der Waals surface area contributed by atoms with Gasteiger partial charge in [0.05, 0.1) is 5.92 Å². The molecule has 1 fully saturated rings. The molecule has 1 aliphatic heterocycles. The second kappa shape index (κ2) is 7.57. The molecule has 1 aliphatic rings. The predicted octanol–water partition coefficient (Wildman–Crippen LogP) is 2.54. The lowest BCUT2D eigenvalue weighted by molar-refractivity contribution is -0.122. The number of piperidine rings is 1. The average Bonchev–Trinajstić information content (AvgIpc) is 3.28. The number of aromatic nitrogens is 4. The van der Waals surface area contributed by atoms with Crippen LogP contribution >= 0.6 is 0 Å². The number of amides is 1. The topological polar surface area (TPSA) is 67.2 Å². The highest BCUT2D eigenvalue weighted by Crippen LogP contribution is 2.24. The van der Waals surface area contributed by atoms with Crippen molar-refractivity contribution in [1.29, 1.82) is 0 Å². The van der Waals surface area contributed by atoms with Crippen LogP contribution in [0.25, 0.3) is 5.82 Å². The van der Waals surface area contributed by atoms with Gasteiger partial charge < -0.3 is 9.80 Å². The highest BCUT2D eigenvalue weighted by atomic mass is 16.2. The van der Waals surface area contributed by atoms with Crippen molar-refractivity contribution in [1.82, 2.24) is 20.0 Å². The summed E-state index contributed by atoms with van der Waals surface area (Å²) in [7, 11) is 1.84. The number of anilines is 2. The van der Waals surface area contributed by atoms with E-state index in [0.29, 0.717) is 12.4 Å². The first-order valence-corrected chi connectivity index (χ1v) is 9.14. The Morgan fingerprint density at radius 3 is 2.56 bits per heavy atom. The first-order chi connectivity index (χ1) is 13.2. The highest BCUT2D eigenvalue weighted by Gasteiger charge is 2.29. The van der Waals surface area contributed by atoms with E-state index in [0.717, 1.165) is 30.9 Å². The van der Waals surface area contributed by atoms with Crippen molar-refractivity contribution in [2.24, 2.45) is 5.92 Å². The standard InChI is InChI=1S/C20H22N6O/c1-24(17-8-3-2-4-9-17)20(27)16-7-5-13-25(15-16)18-10-11-19(23-22-18)26-14-6-12-21-26/h2-4,6,8-12,14,16H,5,7,13,15H2,1H3. The molecule has 7 nitrogen and oxygen atoms in total. The highest BCUT2D eigenvalue weighted by molar-refractivity contribution is 5.94. The number of nitrogens with zero attached hydrogens (tertiary/aromatic N) is 6. The van der Waals surface area contributed by atoms with Crippen LogP contribution in [-0.4, -0.2) is 46.0 Å². The van der Waals surface area contributed by atoms with Crippen LogP contribution in [0.4, 0.5) is 11.5 Å². The normalized spacial score (nSPS) is 16.9. The third-order valence-corrected chi connectivity index (χ3v) is 4.94. The van der Waals surface area contributed by atoms with Gasteiger partial charge in [-0.15, -0.1) is 10.2 Å². The summed E-state index contributed by atoms with van der Waals surface area (Å²) in [5.74, 6) is 1.58. The SMILES string of the molecule is CN(C(=O)C1CCCN(c2ccc(-n3cccn3)nn2)C1)c1ccccc1. The van der Waals surface area contributed by atoms with Crippen LogP contribution in [0.2, 0.25) is 0 Å². The minimum Gasteiger partial charge on any atom is -0.354 e. The molecule has 27 heavy (non-hydrogen) atoms. The summed E-state index contributed by atoms with van der Waals surface area (Å²) in [6, 6.07) is 15.5. The molecule has 7 heteroatoms. The summed E-state index contributed by atoms with van der Waals surface area (Å²) in [6.07, 6.45) is 5.39. The van der Waals surface area contributed by atoms with Crippen molar-refractivity contribution in [3.05, 3.63) is 60.9 Å². The molecule has 1 atom stereocenters. The molecule has 4 rings (SSSR count). The summed E-state index contributed by atoms with van der Waals surface area (Å²) in [6.45, 7) is 1.54. The number of carbonyl (C=O) groups is 1. The van der Waals surface area contributed by atoms with Crippen LogP contribution in [0.1, 0.15) is 12.8 Å². The van der Waals surface area contributed by atoms with Crippen LogP contribution in [-0.2, 0) is 4.79 Å². The molecule has 3 heterocycles. The Labute approximate surface area is 158 Å².